The van der Waals surface area contributed by atoms with Crippen LogP contribution in [-0.4, -0.2) is 46.3 Å². The number of aromatic nitrogens is 4. The second kappa shape index (κ2) is 11.2. The second-order valence-electron chi connectivity index (χ2n) is 8.41. The summed E-state index contributed by atoms with van der Waals surface area (Å²) in [4.78, 5) is 40.7. The second-order valence-corrected chi connectivity index (χ2v) is 10.1. The highest BCUT2D eigenvalue weighted by Crippen LogP contribution is 2.19. The maximum Gasteiger partial charge on any atom is 0.338 e. The molecule has 11 nitrogen and oxygen atoms in total. The molecule has 0 spiro atoms. The largest absolute Gasteiger partial charge is 0.449 e. The van der Waals surface area contributed by atoms with Crippen molar-refractivity contribution in [3.63, 3.8) is 0 Å². The first-order chi connectivity index (χ1) is 18.1. The highest BCUT2D eigenvalue weighted by atomic mass is 32.2. The van der Waals surface area contributed by atoms with Gasteiger partial charge in [-0.25, -0.2) is 32.9 Å². The average Bonchev–Trinajstić information content (AvgIpc) is 3.42. The number of carbonyl (C=O) groups excluding carboxylic acids is 2. The molecule has 1 unspecified atom stereocenters. The number of hydrogen-bond donors (Lipinski definition) is 3. The van der Waals surface area contributed by atoms with Crippen molar-refractivity contribution >= 4 is 33.5 Å². The number of amides is 1. The number of nitrogens with one attached hydrogen (secondary N) is 3. The van der Waals surface area contributed by atoms with Crippen molar-refractivity contribution in [3.05, 3.63) is 83.9 Å². The minimum atomic E-state index is -3.94. The van der Waals surface area contributed by atoms with Gasteiger partial charge in [0.2, 0.25) is 5.95 Å². The third kappa shape index (κ3) is 6.40. The number of imidazole rings is 1. The first-order valence-electron chi connectivity index (χ1n) is 11.7. The van der Waals surface area contributed by atoms with E-state index in [9.17, 15) is 18.0 Å². The van der Waals surface area contributed by atoms with E-state index in [0.717, 1.165) is 5.56 Å². The number of H-pyrrole nitrogens is 1. The monoisotopic (exact) mass is 534 g/mol. The van der Waals surface area contributed by atoms with Crippen molar-refractivity contribution in [2.24, 2.45) is 0 Å². The Kier molecular flexibility index (Phi) is 7.82. The molecule has 0 aliphatic heterocycles. The van der Waals surface area contributed by atoms with Gasteiger partial charge < -0.3 is 15.0 Å². The van der Waals surface area contributed by atoms with Gasteiger partial charge in [-0.1, -0.05) is 19.1 Å². The molecule has 0 saturated carbocycles. The van der Waals surface area contributed by atoms with Crippen LogP contribution in [0.4, 0.5) is 11.6 Å². The van der Waals surface area contributed by atoms with E-state index in [0.29, 0.717) is 28.5 Å². The van der Waals surface area contributed by atoms with E-state index in [1.165, 1.54) is 24.3 Å². The molecule has 2 aromatic carbocycles. The molecule has 4 aromatic rings. The molecule has 0 saturated heterocycles. The molecule has 1 atom stereocenters. The number of esters is 1. The van der Waals surface area contributed by atoms with Crippen molar-refractivity contribution in [1.29, 1.82) is 0 Å². The SMILES string of the molecule is CCC(OC(=O)c1ccc(-c2ncc[nH]2)cc1)C(=O)Nc1ccc(S(=O)(=O)Nc2nc(C)cc(C)n2)cc1. The zero-order valence-corrected chi connectivity index (χ0v) is 21.7. The number of aryl methyl sites for hydroxylation is 2. The van der Waals surface area contributed by atoms with Crippen molar-refractivity contribution < 1.29 is 22.7 Å². The van der Waals surface area contributed by atoms with E-state index < -0.39 is 28.0 Å². The minimum absolute atomic E-state index is 0.0249. The lowest BCUT2D eigenvalue weighted by atomic mass is 10.1. The summed E-state index contributed by atoms with van der Waals surface area (Å²) in [6.45, 7) is 5.19. The molecule has 2 heterocycles. The molecule has 12 heteroatoms. The Labute approximate surface area is 219 Å². The quantitative estimate of drug-likeness (QED) is 0.273. The first-order valence-corrected chi connectivity index (χ1v) is 13.2. The highest BCUT2D eigenvalue weighted by molar-refractivity contribution is 7.92. The molecular weight excluding hydrogens is 508 g/mol. The van der Waals surface area contributed by atoms with Crippen molar-refractivity contribution in [2.45, 2.75) is 38.2 Å². The van der Waals surface area contributed by atoms with Gasteiger partial charge in [-0.2, -0.15) is 0 Å². The molecule has 1 amide bonds. The van der Waals surface area contributed by atoms with Gasteiger partial charge in [-0.05, 0) is 62.7 Å². The number of carbonyl (C=O) groups is 2. The van der Waals surface area contributed by atoms with E-state index in [2.05, 4.69) is 30.0 Å². The van der Waals surface area contributed by atoms with Crippen molar-refractivity contribution in [2.75, 3.05) is 10.0 Å². The standard InChI is InChI=1S/C26H26N6O5S/c1-4-22(37-25(34)19-7-5-18(6-8-19)23-27-13-14-28-23)24(33)31-20-9-11-21(12-10-20)38(35,36)32-26-29-16(2)15-17(3)30-26/h5-15,22H,4H2,1-3H3,(H,27,28)(H,31,33)(H,29,30,32). The molecule has 0 radical (unpaired) electrons. The Morgan fingerprint density at radius 3 is 2.24 bits per heavy atom. The molecule has 0 aliphatic rings. The van der Waals surface area contributed by atoms with Crippen molar-refractivity contribution in [1.82, 2.24) is 19.9 Å². The Bertz CT molecular complexity index is 1520. The molecule has 0 fully saturated rings. The van der Waals surface area contributed by atoms with Gasteiger partial charge in [-0.3, -0.25) is 4.79 Å². The van der Waals surface area contributed by atoms with Gasteiger partial charge in [0.25, 0.3) is 15.9 Å². The van der Waals surface area contributed by atoms with Gasteiger partial charge in [0.05, 0.1) is 10.5 Å². The number of ether oxygens (including phenoxy) is 1. The third-order valence-electron chi connectivity index (χ3n) is 5.44. The lowest BCUT2D eigenvalue weighted by molar-refractivity contribution is -0.124. The van der Waals surface area contributed by atoms with Crippen molar-refractivity contribution in [3.8, 4) is 11.4 Å². The Balaban J connectivity index is 1.38. The smallest absolute Gasteiger partial charge is 0.338 e. The fourth-order valence-electron chi connectivity index (χ4n) is 3.60. The van der Waals surface area contributed by atoms with Crippen LogP contribution in [-0.2, 0) is 19.6 Å². The average molecular weight is 535 g/mol. The van der Waals surface area contributed by atoms with E-state index in [4.69, 9.17) is 4.74 Å². The summed E-state index contributed by atoms with van der Waals surface area (Å²) in [7, 11) is -3.94. The molecule has 2 aromatic heterocycles. The molecule has 4 rings (SSSR count). The third-order valence-corrected chi connectivity index (χ3v) is 6.79. The molecular formula is C26H26N6O5S. The summed E-state index contributed by atoms with van der Waals surface area (Å²) in [5.74, 6) is -0.531. The van der Waals surface area contributed by atoms with E-state index in [1.54, 1.807) is 63.5 Å². The van der Waals surface area contributed by atoms with E-state index in [-0.39, 0.29) is 17.3 Å². The normalized spacial score (nSPS) is 12.0. The number of sulfonamides is 1. The van der Waals surface area contributed by atoms with Crippen LogP contribution < -0.4 is 10.0 Å². The fourth-order valence-corrected chi connectivity index (χ4v) is 4.54. The van der Waals surface area contributed by atoms with Gasteiger partial charge in [0.15, 0.2) is 6.10 Å². The fraction of sp³-hybridized carbons (Fsp3) is 0.192. The van der Waals surface area contributed by atoms with Crippen LogP contribution in [0.25, 0.3) is 11.4 Å². The summed E-state index contributed by atoms with van der Waals surface area (Å²) in [6.07, 6.45) is 2.53. The van der Waals surface area contributed by atoms with Gasteiger partial charge in [-0.15, -0.1) is 0 Å². The Morgan fingerprint density at radius 2 is 1.66 bits per heavy atom. The zero-order chi connectivity index (χ0) is 27.3. The number of nitrogens with zero attached hydrogens (tertiary/aromatic N) is 3. The number of benzene rings is 2. The van der Waals surface area contributed by atoms with Crippen LogP contribution in [0.5, 0.6) is 0 Å². The van der Waals surface area contributed by atoms with Crippen LogP contribution in [0.3, 0.4) is 0 Å². The zero-order valence-electron chi connectivity index (χ0n) is 20.9. The topological polar surface area (TPSA) is 156 Å². The lowest BCUT2D eigenvalue weighted by Crippen LogP contribution is -2.32. The highest BCUT2D eigenvalue weighted by Gasteiger charge is 2.23. The number of aromatic amines is 1. The van der Waals surface area contributed by atoms with Crippen LogP contribution in [0.15, 0.2) is 71.9 Å². The predicted molar refractivity (Wildman–Crippen MR) is 141 cm³/mol. The number of hydrogen-bond acceptors (Lipinski definition) is 8. The summed E-state index contributed by atoms with van der Waals surface area (Å²) < 4.78 is 33.2. The molecule has 38 heavy (non-hydrogen) atoms. The first kappa shape index (κ1) is 26.5. The maximum absolute atomic E-state index is 12.8. The minimum Gasteiger partial charge on any atom is -0.449 e. The molecule has 0 bridgehead atoms. The predicted octanol–water partition coefficient (Wildman–Crippen LogP) is 3.86. The number of rotatable bonds is 9. The van der Waals surface area contributed by atoms with Crippen LogP contribution in [0.2, 0.25) is 0 Å². The Hall–Kier alpha value is -4.58. The van der Waals surface area contributed by atoms with Crippen LogP contribution >= 0.6 is 0 Å². The summed E-state index contributed by atoms with van der Waals surface area (Å²) in [5, 5.41) is 2.65. The van der Waals surface area contributed by atoms with Gasteiger partial charge in [0.1, 0.15) is 5.82 Å². The molecule has 196 valence electrons. The number of anilines is 2. The summed E-state index contributed by atoms with van der Waals surface area (Å²) >= 11 is 0. The molecule has 0 aliphatic carbocycles. The summed E-state index contributed by atoms with van der Waals surface area (Å²) in [5.41, 5.74) is 2.70. The van der Waals surface area contributed by atoms with Gasteiger partial charge >= 0.3 is 5.97 Å². The van der Waals surface area contributed by atoms with Crippen LogP contribution in [0.1, 0.15) is 35.1 Å². The van der Waals surface area contributed by atoms with Gasteiger partial charge in [0, 0.05) is 35.0 Å². The van der Waals surface area contributed by atoms with E-state index >= 15 is 0 Å². The Morgan fingerprint density at radius 1 is 1.00 bits per heavy atom. The van der Waals surface area contributed by atoms with E-state index in [1.807, 2.05) is 0 Å². The molecule has 3 N–H and O–H groups in total. The lowest BCUT2D eigenvalue weighted by Gasteiger charge is -2.16. The van der Waals surface area contributed by atoms with Crippen LogP contribution in [0, 0.1) is 13.8 Å². The maximum atomic E-state index is 12.8. The summed E-state index contributed by atoms with van der Waals surface area (Å²) in [6, 6.07) is 14.0.